The summed E-state index contributed by atoms with van der Waals surface area (Å²) in [6.07, 6.45) is 4.41. The number of aryl methyl sites for hydroxylation is 1. The van der Waals surface area contributed by atoms with Crippen LogP contribution >= 0.6 is 0 Å². The molecule has 0 aliphatic carbocycles. The van der Waals surface area contributed by atoms with Crippen LogP contribution in [-0.2, 0) is 9.53 Å². The van der Waals surface area contributed by atoms with E-state index >= 15 is 0 Å². The number of aromatic amines is 1. The first-order chi connectivity index (χ1) is 17.1. The molecule has 0 spiro atoms. The van der Waals surface area contributed by atoms with E-state index in [9.17, 15) is 4.79 Å². The van der Waals surface area contributed by atoms with Gasteiger partial charge in [-0.15, -0.1) is 0 Å². The van der Waals surface area contributed by atoms with Crippen LogP contribution in [0.5, 0.6) is 0 Å². The number of rotatable bonds is 6. The fourth-order valence-corrected chi connectivity index (χ4v) is 4.80. The van der Waals surface area contributed by atoms with Crippen LogP contribution in [-0.4, -0.2) is 58.7 Å². The molecule has 1 atom stereocenters. The van der Waals surface area contributed by atoms with E-state index in [1.165, 1.54) is 0 Å². The summed E-state index contributed by atoms with van der Waals surface area (Å²) < 4.78 is 5.56. The van der Waals surface area contributed by atoms with E-state index < -0.39 is 0 Å². The summed E-state index contributed by atoms with van der Waals surface area (Å²) in [5.41, 5.74) is 6.54. The Bertz CT molecular complexity index is 1380. The van der Waals surface area contributed by atoms with Crippen molar-refractivity contribution in [1.82, 2.24) is 25.3 Å². The van der Waals surface area contributed by atoms with Crippen molar-refractivity contribution in [1.29, 1.82) is 0 Å². The summed E-state index contributed by atoms with van der Waals surface area (Å²) in [5.74, 6) is 0.303. The molecule has 8 nitrogen and oxygen atoms in total. The number of nitrogens with one attached hydrogen (secondary N) is 2. The molecule has 0 amide bonds. The van der Waals surface area contributed by atoms with Gasteiger partial charge in [-0.2, -0.15) is 0 Å². The highest BCUT2D eigenvalue weighted by molar-refractivity contribution is 5.88. The Hall–Kier alpha value is -3.78. The molecule has 8 heteroatoms. The Labute approximate surface area is 203 Å². The third-order valence-electron chi connectivity index (χ3n) is 6.94. The third kappa shape index (κ3) is 4.37. The maximum absolute atomic E-state index is 12.5. The van der Waals surface area contributed by atoms with Crippen LogP contribution in [0.25, 0.3) is 33.5 Å². The van der Waals surface area contributed by atoms with Gasteiger partial charge in [0.2, 0.25) is 0 Å². The van der Waals surface area contributed by atoms with Gasteiger partial charge in [-0.25, -0.2) is 4.98 Å². The zero-order chi connectivity index (χ0) is 23.8. The lowest BCUT2D eigenvalue weighted by molar-refractivity contribution is -0.149. The molecular formula is C27H28N6O2. The number of hydrogen-bond donors (Lipinski definition) is 2. The van der Waals surface area contributed by atoms with E-state index in [4.69, 9.17) is 4.74 Å². The highest BCUT2D eigenvalue weighted by Gasteiger charge is 2.31. The van der Waals surface area contributed by atoms with Crippen molar-refractivity contribution in [3.8, 4) is 22.6 Å². The van der Waals surface area contributed by atoms with E-state index in [-0.39, 0.29) is 11.9 Å². The number of fused-ring (bicyclic) bond motifs is 1. The van der Waals surface area contributed by atoms with Crippen molar-refractivity contribution >= 4 is 22.6 Å². The molecule has 0 saturated carbocycles. The number of ether oxygens (including phenoxy) is 1. The van der Waals surface area contributed by atoms with Crippen molar-refractivity contribution in [2.75, 3.05) is 37.7 Å². The van der Waals surface area contributed by atoms with Crippen LogP contribution in [0.1, 0.15) is 12.1 Å². The molecule has 1 aromatic carbocycles. The first-order valence-electron chi connectivity index (χ1n) is 12.1. The molecule has 2 aliphatic rings. The van der Waals surface area contributed by atoms with Gasteiger partial charge in [-0.3, -0.25) is 14.8 Å². The molecule has 3 aromatic heterocycles. The first-order valence-corrected chi connectivity index (χ1v) is 12.1. The van der Waals surface area contributed by atoms with Gasteiger partial charge in [0.15, 0.2) is 0 Å². The maximum atomic E-state index is 12.5. The number of anilines is 1. The number of H-pyrrole nitrogens is 1. The SMILES string of the molecule is Cc1cccc(-c2[nH]cnc2-c2ccc3ncc(N4CCC(C(=O)OCC5CNC5)C4)cc3c2)n1. The Morgan fingerprint density at radius 1 is 1.17 bits per heavy atom. The van der Waals surface area contributed by atoms with Crippen molar-refractivity contribution in [2.45, 2.75) is 13.3 Å². The van der Waals surface area contributed by atoms with Gasteiger partial charge in [0.05, 0.1) is 53.3 Å². The average molecular weight is 469 g/mol. The maximum Gasteiger partial charge on any atom is 0.310 e. The lowest BCUT2D eigenvalue weighted by Gasteiger charge is -2.26. The van der Waals surface area contributed by atoms with Gasteiger partial charge in [-0.1, -0.05) is 12.1 Å². The van der Waals surface area contributed by atoms with E-state index in [0.29, 0.717) is 19.1 Å². The summed E-state index contributed by atoms with van der Waals surface area (Å²) in [6.45, 7) is 5.87. The zero-order valence-corrected chi connectivity index (χ0v) is 19.7. The number of aromatic nitrogens is 4. The predicted molar refractivity (Wildman–Crippen MR) is 135 cm³/mol. The van der Waals surface area contributed by atoms with Crippen molar-refractivity contribution in [3.05, 3.63) is 60.7 Å². The first kappa shape index (κ1) is 21.7. The molecule has 4 aromatic rings. The third-order valence-corrected chi connectivity index (χ3v) is 6.94. The normalized spacial score (nSPS) is 18.1. The molecule has 2 saturated heterocycles. The number of esters is 1. The molecule has 2 fully saturated rings. The second kappa shape index (κ2) is 9.11. The largest absolute Gasteiger partial charge is 0.465 e. The number of carbonyl (C=O) groups excluding carboxylic acids is 1. The van der Waals surface area contributed by atoms with E-state index in [2.05, 4.69) is 42.3 Å². The Kier molecular flexibility index (Phi) is 5.66. The topological polar surface area (TPSA) is 96.0 Å². The fraction of sp³-hybridized carbons (Fsp3) is 0.333. The smallest absolute Gasteiger partial charge is 0.310 e. The Morgan fingerprint density at radius 3 is 2.91 bits per heavy atom. The quantitative estimate of drug-likeness (QED) is 0.418. The van der Waals surface area contributed by atoms with Gasteiger partial charge in [-0.05, 0) is 43.7 Å². The monoisotopic (exact) mass is 468 g/mol. The molecule has 35 heavy (non-hydrogen) atoms. The van der Waals surface area contributed by atoms with Crippen LogP contribution in [0.3, 0.4) is 0 Å². The molecule has 5 heterocycles. The van der Waals surface area contributed by atoms with Crippen LogP contribution in [0.15, 0.2) is 55.0 Å². The minimum atomic E-state index is -0.0847. The molecule has 0 radical (unpaired) electrons. The zero-order valence-electron chi connectivity index (χ0n) is 19.7. The number of carbonyl (C=O) groups is 1. The summed E-state index contributed by atoms with van der Waals surface area (Å²) in [4.78, 5) is 31.9. The van der Waals surface area contributed by atoms with E-state index in [0.717, 1.165) is 71.0 Å². The second-order valence-electron chi connectivity index (χ2n) is 9.48. The number of pyridine rings is 2. The summed E-state index contributed by atoms with van der Waals surface area (Å²) in [6, 6.07) is 14.3. The van der Waals surface area contributed by atoms with Crippen LogP contribution in [0.4, 0.5) is 5.69 Å². The van der Waals surface area contributed by atoms with Crippen LogP contribution in [0, 0.1) is 18.8 Å². The molecule has 0 bridgehead atoms. The van der Waals surface area contributed by atoms with Gasteiger partial charge in [0, 0.05) is 48.7 Å². The summed E-state index contributed by atoms with van der Waals surface area (Å²) in [7, 11) is 0. The van der Waals surface area contributed by atoms with Crippen molar-refractivity contribution < 1.29 is 9.53 Å². The molecule has 178 valence electrons. The second-order valence-corrected chi connectivity index (χ2v) is 9.48. The van der Waals surface area contributed by atoms with Gasteiger partial charge >= 0.3 is 5.97 Å². The summed E-state index contributed by atoms with van der Waals surface area (Å²) in [5, 5.41) is 4.25. The van der Waals surface area contributed by atoms with Crippen LogP contribution in [0.2, 0.25) is 0 Å². The molecule has 2 aliphatic heterocycles. The Morgan fingerprint density at radius 2 is 2.09 bits per heavy atom. The molecule has 6 rings (SSSR count). The van der Waals surface area contributed by atoms with E-state index in [1.54, 1.807) is 6.33 Å². The standard InChI is InChI=1S/C27H28N6O2/c1-17-3-2-4-24(32-17)26-25(30-16-31-26)19-5-6-23-21(9-19)10-22(13-29-23)33-8-7-20(14-33)27(34)35-15-18-11-28-12-18/h2-6,9-10,13,16,18,20,28H,7-8,11-12,14-15H2,1H3,(H,30,31). The lowest BCUT2D eigenvalue weighted by Crippen LogP contribution is -2.45. The van der Waals surface area contributed by atoms with Gasteiger partial charge in [0.1, 0.15) is 0 Å². The van der Waals surface area contributed by atoms with Gasteiger partial charge in [0.25, 0.3) is 0 Å². The molecular weight excluding hydrogens is 440 g/mol. The number of imidazole rings is 1. The molecule has 2 N–H and O–H groups in total. The van der Waals surface area contributed by atoms with Crippen molar-refractivity contribution in [2.24, 2.45) is 11.8 Å². The number of nitrogens with zero attached hydrogens (tertiary/aromatic N) is 4. The molecule has 1 unspecified atom stereocenters. The highest BCUT2D eigenvalue weighted by atomic mass is 16.5. The highest BCUT2D eigenvalue weighted by Crippen LogP contribution is 2.32. The fourth-order valence-electron chi connectivity index (χ4n) is 4.80. The minimum Gasteiger partial charge on any atom is -0.465 e. The number of benzene rings is 1. The lowest BCUT2D eigenvalue weighted by atomic mass is 10.0. The van der Waals surface area contributed by atoms with E-state index in [1.807, 2.05) is 43.5 Å². The van der Waals surface area contributed by atoms with Crippen LogP contribution < -0.4 is 10.2 Å². The van der Waals surface area contributed by atoms with Gasteiger partial charge < -0.3 is 19.9 Å². The Balaban J connectivity index is 1.22. The summed E-state index contributed by atoms with van der Waals surface area (Å²) >= 11 is 0. The number of hydrogen-bond acceptors (Lipinski definition) is 7. The predicted octanol–water partition coefficient (Wildman–Crippen LogP) is 3.58. The average Bonchev–Trinajstić information content (AvgIpc) is 3.53. The van der Waals surface area contributed by atoms with Crippen molar-refractivity contribution in [3.63, 3.8) is 0 Å². The minimum absolute atomic E-state index is 0.0775.